The molecule has 2 nitrogen and oxygen atoms in total. The Morgan fingerprint density at radius 1 is 0.405 bits per heavy atom. The molecule has 6 aromatic carbocycles. The van der Waals surface area contributed by atoms with Gasteiger partial charge in [-0.3, -0.25) is 0 Å². The van der Waals surface area contributed by atoms with E-state index in [1.165, 1.54) is 6.07 Å². The van der Waals surface area contributed by atoms with Gasteiger partial charge < -0.3 is 9.13 Å². The molecule has 0 aliphatic rings. The molecule has 5 heteroatoms. The zero-order chi connectivity index (χ0) is 28.4. The monoisotopic (exact) mass is 552 g/mol. The van der Waals surface area contributed by atoms with Gasteiger partial charge in [0, 0.05) is 32.9 Å². The Bertz CT molecular complexity index is 2180. The summed E-state index contributed by atoms with van der Waals surface area (Å²) in [6.45, 7) is 0. The number of alkyl halides is 3. The normalized spacial score (nSPS) is 12.2. The van der Waals surface area contributed by atoms with Crippen molar-refractivity contribution in [3.63, 3.8) is 0 Å². The Kier molecular flexibility index (Phi) is 5.32. The minimum Gasteiger partial charge on any atom is -0.309 e. The summed E-state index contributed by atoms with van der Waals surface area (Å²) in [7, 11) is 0. The summed E-state index contributed by atoms with van der Waals surface area (Å²) in [5, 5.41) is 4.28. The maximum absolute atomic E-state index is 14.6. The average Bonchev–Trinajstić information content (AvgIpc) is 3.54. The molecule has 42 heavy (non-hydrogen) atoms. The van der Waals surface area contributed by atoms with Gasteiger partial charge in [-0.2, -0.15) is 13.2 Å². The van der Waals surface area contributed by atoms with Gasteiger partial charge in [0.05, 0.1) is 27.6 Å². The quantitative estimate of drug-likeness (QED) is 0.206. The summed E-state index contributed by atoms with van der Waals surface area (Å²) in [5.41, 5.74) is 5.23. The van der Waals surface area contributed by atoms with E-state index >= 15 is 0 Å². The van der Waals surface area contributed by atoms with Gasteiger partial charge in [-0.1, -0.05) is 91.0 Å². The van der Waals surface area contributed by atoms with E-state index in [0.29, 0.717) is 11.3 Å². The van der Waals surface area contributed by atoms with Crippen LogP contribution in [-0.4, -0.2) is 9.13 Å². The highest BCUT2D eigenvalue weighted by Crippen LogP contribution is 2.41. The van der Waals surface area contributed by atoms with Crippen LogP contribution in [0.4, 0.5) is 13.2 Å². The lowest BCUT2D eigenvalue weighted by Gasteiger charge is -2.17. The Hall–Kier alpha value is -5.29. The van der Waals surface area contributed by atoms with Crippen LogP contribution in [0.2, 0.25) is 0 Å². The van der Waals surface area contributed by atoms with Crippen molar-refractivity contribution in [2.24, 2.45) is 0 Å². The predicted octanol–water partition coefficient (Wildman–Crippen LogP) is 10.6. The van der Waals surface area contributed by atoms with Gasteiger partial charge in [-0.15, -0.1) is 0 Å². The summed E-state index contributed by atoms with van der Waals surface area (Å²) in [5.74, 6) is 0. The molecule has 0 saturated carbocycles. The fourth-order valence-corrected chi connectivity index (χ4v) is 6.35. The molecule has 0 amide bonds. The molecular weight excluding hydrogens is 529 g/mol. The molecule has 0 saturated heterocycles. The molecule has 8 aromatic rings. The zero-order valence-corrected chi connectivity index (χ0v) is 22.3. The minimum atomic E-state index is -4.53. The van der Waals surface area contributed by atoms with Crippen LogP contribution >= 0.6 is 0 Å². The topological polar surface area (TPSA) is 9.86 Å². The van der Waals surface area contributed by atoms with Crippen molar-refractivity contribution >= 4 is 43.6 Å². The number of rotatable bonds is 3. The van der Waals surface area contributed by atoms with Crippen LogP contribution in [0, 0.1) is 0 Å². The summed E-state index contributed by atoms with van der Waals surface area (Å²) in [4.78, 5) is 0. The molecule has 0 bridgehead atoms. The van der Waals surface area contributed by atoms with Crippen LogP contribution < -0.4 is 0 Å². The van der Waals surface area contributed by atoms with Gasteiger partial charge in [0.15, 0.2) is 0 Å². The maximum Gasteiger partial charge on any atom is 0.417 e. The van der Waals surface area contributed by atoms with Crippen molar-refractivity contribution in [2.45, 2.75) is 6.18 Å². The van der Waals surface area contributed by atoms with Gasteiger partial charge in [0.25, 0.3) is 0 Å². The van der Waals surface area contributed by atoms with E-state index < -0.39 is 11.7 Å². The third kappa shape index (κ3) is 3.67. The second-order valence-corrected chi connectivity index (χ2v) is 10.5. The molecule has 0 radical (unpaired) electrons. The first-order valence-electron chi connectivity index (χ1n) is 13.8. The van der Waals surface area contributed by atoms with Crippen LogP contribution in [0.1, 0.15) is 5.56 Å². The van der Waals surface area contributed by atoms with Gasteiger partial charge in [-0.25, -0.2) is 0 Å². The molecule has 0 unspecified atom stereocenters. The standard InChI is InChI=1S/C37H23F3N2/c38-37(39,40)32-23-26(42-35-15-7-3-11-30(35)31-12-4-8-16-36(31)42)21-22-27(32)24-17-19-25(20-18-24)41-33-13-5-1-9-28(33)29-10-2-6-14-34(29)41/h1-23H. The fraction of sp³-hybridized carbons (Fsp3) is 0.0270. The second kappa shape index (κ2) is 9.11. The van der Waals surface area contributed by atoms with Gasteiger partial charge in [0.1, 0.15) is 0 Å². The molecule has 2 aromatic heterocycles. The Morgan fingerprint density at radius 2 is 0.786 bits per heavy atom. The Labute approximate surface area is 239 Å². The smallest absolute Gasteiger partial charge is 0.309 e. The third-order valence-electron chi connectivity index (χ3n) is 8.16. The van der Waals surface area contributed by atoms with Crippen molar-refractivity contribution < 1.29 is 13.2 Å². The zero-order valence-electron chi connectivity index (χ0n) is 22.3. The predicted molar refractivity (Wildman–Crippen MR) is 166 cm³/mol. The first-order chi connectivity index (χ1) is 20.5. The highest BCUT2D eigenvalue weighted by molar-refractivity contribution is 6.10. The average molecular weight is 553 g/mol. The molecule has 0 spiro atoms. The van der Waals surface area contributed by atoms with Crippen molar-refractivity contribution in [2.75, 3.05) is 0 Å². The van der Waals surface area contributed by atoms with E-state index in [2.05, 4.69) is 28.8 Å². The Morgan fingerprint density at radius 3 is 1.21 bits per heavy atom. The Balaban J connectivity index is 1.28. The number of benzene rings is 6. The number of halogens is 3. The van der Waals surface area contributed by atoms with Crippen molar-refractivity contribution in [1.29, 1.82) is 0 Å². The van der Waals surface area contributed by atoms with Gasteiger partial charge in [0.2, 0.25) is 0 Å². The first kappa shape index (κ1) is 24.5. The molecule has 0 atom stereocenters. The molecule has 0 aliphatic carbocycles. The molecule has 0 N–H and O–H groups in total. The molecule has 0 fully saturated rings. The maximum atomic E-state index is 14.6. The van der Waals surface area contributed by atoms with Gasteiger partial charge in [-0.05, 0) is 59.7 Å². The van der Waals surface area contributed by atoms with Crippen LogP contribution in [-0.2, 0) is 6.18 Å². The van der Waals surface area contributed by atoms with E-state index in [0.717, 1.165) is 49.3 Å². The number of para-hydroxylation sites is 4. The lowest BCUT2D eigenvalue weighted by Crippen LogP contribution is -2.09. The highest BCUT2D eigenvalue weighted by Gasteiger charge is 2.34. The molecule has 0 aliphatic heterocycles. The first-order valence-corrected chi connectivity index (χ1v) is 13.8. The largest absolute Gasteiger partial charge is 0.417 e. The lowest BCUT2D eigenvalue weighted by molar-refractivity contribution is -0.137. The number of aromatic nitrogens is 2. The van der Waals surface area contributed by atoms with Crippen molar-refractivity contribution in [3.8, 4) is 22.5 Å². The molecule has 8 rings (SSSR count). The van der Waals surface area contributed by atoms with Crippen molar-refractivity contribution in [1.82, 2.24) is 9.13 Å². The summed E-state index contributed by atoms with van der Waals surface area (Å²) in [6, 6.07) is 44.0. The SMILES string of the molecule is FC(F)(F)c1cc(-n2c3ccccc3c3ccccc32)ccc1-c1ccc(-n2c3ccccc3c3ccccc32)cc1. The van der Waals surface area contributed by atoms with E-state index in [1.54, 1.807) is 24.3 Å². The van der Waals surface area contributed by atoms with E-state index in [1.807, 2.05) is 89.5 Å². The summed E-state index contributed by atoms with van der Waals surface area (Å²) < 4.78 is 47.9. The third-order valence-corrected chi connectivity index (χ3v) is 8.16. The second-order valence-electron chi connectivity index (χ2n) is 10.5. The van der Waals surface area contributed by atoms with E-state index in [-0.39, 0.29) is 5.56 Å². The summed E-state index contributed by atoms with van der Waals surface area (Å²) >= 11 is 0. The van der Waals surface area contributed by atoms with Crippen molar-refractivity contribution in [3.05, 3.63) is 145 Å². The van der Waals surface area contributed by atoms with E-state index in [9.17, 15) is 13.2 Å². The number of fused-ring (bicyclic) bond motifs is 6. The molecular formula is C37H23F3N2. The highest BCUT2D eigenvalue weighted by atomic mass is 19.4. The van der Waals surface area contributed by atoms with E-state index in [4.69, 9.17) is 0 Å². The van der Waals surface area contributed by atoms with Gasteiger partial charge >= 0.3 is 6.18 Å². The number of hydrogen-bond donors (Lipinski definition) is 0. The lowest BCUT2D eigenvalue weighted by atomic mass is 9.98. The molecule has 2 heterocycles. The summed E-state index contributed by atoms with van der Waals surface area (Å²) in [6.07, 6.45) is -4.53. The minimum absolute atomic E-state index is 0.154. The number of nitrogens with zero attached hydrogens (tertiary/aromatic N) is 2. The number of hydrogen-bond acceptors (Lipinski definition) is 0. The molecule has 202 valence electrons. The van der Waals surface area contributed by atoms with Crippen LogP contribution in [0.15, 0.2) is 140 Å². The van der Waals surface area contributed by atoms with Crippen LogP contribution in [0.5, 0.6) is 0 Å². The fourth-order valence-electron chi connectivity index (χ4n) is 6.35. The van der Waals surface area contributed by atoms with Crippen LogP contribution in [0.25, 0.3) is 66.1 Å². The van der Waals surface area contributed by atoms with Crippen LogP contribution in [0.3, 0.4) is 0 Å².